The number of rotatable bonds is 2. The third kappa shape index (κ3) is 3.92. The van der Waals surface area contributed by atoms with Gasteiger partial charge in [0, 0.05) is 17.3 Å². The van der Waals surface area contributed by atoms with E-state index in [0.717, 1.165) is 11.3 Å². The first-order valence-electron chi connectivity index (χ1n) is 7.36. The van der Waals surface area contributed by atoms with Gasteiger partial charge >= 0.3 is 6.09 Å². The van der Waals surface area contributed by atoms with Crippen LogP contribution in [0.15, 0.2) is 6.07 Å². The van der Waals surface area contributed by atoms with Crippen LogP contribution in [0.4, 0.5) is 4.79 Å². The Morgan fingerprint density at radius 2 is 2.18 bits per heavy atom. The van der Waals surface area contributed by atoms with Crippen molar-refractivity contribution in [2.75, 3.05) is 6.54 Å². The van der Waals surface area contributed by atoms with Gasteiger partial charge in [0.25, 0.3) is 0 Å². The molecule has 0 aliphatic carbocycles. The number of hydrogen-bond acceptors (Lipinski definition) is 5. The Labute approximate surface area is 135 Å². The van der Waals surface area contributed by atoms with E-state index in [9.17, 15) is 4.79 Å². The molecule has 0 spiro atoms. The number of thiophene rings is 1. The highest BCUT2D eigenvalue weighted by Crippen LogP contribution is 2.31. The number of ether oxygens (including phenoxy) is 2. The van der Waals surface area contributed by atoms with Crippen LogP contribution in [0.2, 0.25) is 0 Å². The van der Waals surface area contributed by atoms with Crippen LogP contribution >= 0.6 is 11.3 Å². The number of nitriles is 1. The minimum Gasteiger partial charge on any atom is -0.486 e. The van der Waals surface area contributed by atoms with E-state index in [2.05, 4.69) is 6.07 Å². The molecule has 0 N–H and O–H groups in total. The number of nitrogens with zero attached hydrogens (tertiary/aromatic N) is 2. The average molecular weight is 322 g/mol. The SMILES string of the molecule is Cc1cc(O[C@@H]2C[C@H](C)N(C(=O)OC(C)(C)C)C2)c(C#N)s1. The predicted octanol–water partition coefficient (Wildman–Crippen LogP) is 3.70. The van der Waals surface area contributed by atoms with Crippen molar-refractivity contribution < 1.29 is 14.3 Å². The first-order chi connectivity index (χ1) is 10.2. The van der Waals surface area contributed by atoms with Gasteiger partial charge in [-0.3, -0.25) is 0 Å². The second kappa shape index (κ2) is 6.17. The molecule has 0 aromatic carbocycles. The largest absolute Gasteiger partial charge is 0.486 e. The number of amides is 1. The fraction of sp³-hybridized carbons (Fsp3) is 0.625. The summed E-state index contributed by atoms with van der Waals surface area (Å²) in [6.45, 7) is 9.97. The second-order valence-corrected chi connectivity index (χ2v) is 7.88. The number of hydrogen-bond donors (Lipinski definition) is 0. The van der Waals surface area contributed by atoms with E-state index in [0.29, 0.717) is 17.2 Å². The van der Waals surface area contributed by atoms with E-state index in [1.54, 1.807) is 4.90 Å². The van der Waals surface area contributed by atoms with Crippen LogP contribution < -0.4 is 4.74 Å². The maximum absolute atomic E-state index is 12.2. The summed E-state index contributed by atoms with van der Waals surface area (Å²) >= 11 is 1.42. The Kier molecular flexibility index (Phi) is 4.66. The molecule has 1 aromatic rings. The molecule has 120 valence electrons. The van der Waals surface area contributed by atoms with Gasteiger partial charge in [0.15, 0.2) is 0 Å². The van der Waals surface area contributed by atoms with Gasteiger partial charge in [-0.2, -0.15) is 5.26 Å². The number of carbonyl (C=O) groups excluding carboxylic acids is 1. The molecular formula is C16H22N2O3S. The lowest BCUT2D eigenvalue weighted by molar-refractivity contribution is 0.0224. The second-order valence-electron chi connectivity index (χ2n) is 6.62. The third-order valence-electron chi connectivity index (χ3n) is 3.38. The molecule has 0 radical (unpaired) electrons. The Balaban J connectivity index is 2.02. The molecule has 1 aromatic heterocycles. The summed E-state index contributed by atoms with van der Waals surface area (Å²) in [7, 11) is 0. The molecule has 1 fully saturated rings. The molecule has 6 heteroatoms. The molecule has 2 rings (SSSR count). The van der Waals surface area contributed by atoms with Crippen molar-refractivity contribution in [2.45, 2.75) is 58.8 Å². The molecule has 0 unspecified atom stereocenters. The maximum Gasteiger partial charge on any atom is 0.410 e. The highest BCUT2D eigenvalue weighted by molar-refractivity contribution is 7.12. The van der Waals surface area contributed by atoms with Crippen molar-refractivity contribution in [3.63, 3.8) is 0 Å². The Bertz CT molecular complexity index is 598. The Morgan fingerprint density at radius 3 is 2.77 bits per heavy atom. The van der Waals surface area contributed by atoms with Crippen LogP contribution in [0.25, 0.3) is 0 Å². The zero-order valence-corrected chi connectivity index (χ0v) is 14.5. The molecule has 22 heavy (non-hydrogen) atoms. The zero-order chi connectivity index (χ0) is 16.5. The van der Waals surface area contributed by atoms with Crippen molar-refractivity contribution in [3.05, 3.63) is 15.8 Å². The summed E-state index contributed by atoms with van der Waals surface area (Å²) in [5, 5.41) is 9.12. The summed E-state index contributed by atoms with van der Waals surface area (Å²) in [5.74, 6) is 0.619. The van der Waals surface area contributed by atoms with E-state index in [4.69, 9.17) is 14.7 Å². The van der Waals surface area contributed by atoms with Crippen LogP contribution in [0.5, 0.6) is 5.75 Å². The minimum absolute atomic E-state index is 0.0603. The molecule has 1 aliphatic rings. The average Bonchev–Trinajstić information content (AvgIpc) is 2.90. The molecular weight excluding hydrogens is 300 g/mol. The van der Waals surface area contributed by atoms with Gasteiger partial charge in [0.2, 0.25) is 0 Å². The molecule has 0 bridgehead atoms. The molecule has 1 aliphatic heterocycles. The van der Waals surface area contributed by atoms with Crippen LogP contribution in [0, 0.1) is 18.3 Å². The first-order valence-corrected chi connectivity index (χ1v) is 8.18. The maximum atomic E-state index is 12.2. The van der Waals surface area contributed by atoms with E-state index >= 15 is 0 Å². The molecule has 1 saturated heterocycles. The Hall–Kier alpha value is -1.74. The molecule has 1 amide bonds. The third-order valence-corrected chi connectivity index (χ3v) is 4.32. The van der Waals surface area contributed by atoms with Gasteiger partial charge in [0.05, 0.1) is 6.54 Å². The van der Waals surface area contributed by atoms with Gasteiger partial charge in [0.1, 0.15) is 28.4 Å². The standard InChI is InChI=1S/C16H22N2O3S/c1-10-6-12(9-18(10)15(19)21-16(3,4)5)20-13-7-11(2)22-14(13)8-17/h7,10,12H,6,9H2,1-5H3/t10-,12+/m0/s1. The van der Waals surface area contributed by atoms with Crippen LogP contribution in [-0.2, 0) is 4.74 Å². The molecule has 2 heterocycles. The predicted molar refractivity (Wildman–Crippen MR) is 85.2 cm³/mol. The van der Waals surface area contributed by atoms with E-state index in [1.165, 1.54) is 11.3 Å². The number of aryl methyl sites for hydroxylation is 1. The van der Waals surface area contributed by atoms with Crippen molar-refractivity contribution >= 4 is 17.4 Å². The van der Waals surface area contributed by atoms with Crippen molar-refractivity contribution in [1.29, 1.82) is 5.26 Å². The highest BCUT2D eigenvalue weighted by atomic mass is 32.1. The first kappa shape index (κ1) is 16.6. The summed E-state index contributed by atoms with van der Waals surface area (Å²) in [5.41, 5.74) is -0.506. The lowest BCUT2D eigenvalue weighted by Crippen LogP contribution is -2.39. The molecule has 0 saturated carbocycles. The molecule has 5 nitrogen and oxygen atoms in total. The monoisotopic (exact) mass is 322 g/mol. The summed E-state index contributed by atoms with van der Waals surface area (Å²) in [4.78, 5) is 15.5. The fourth-order valence-corrected chi connectivity index (χ4v) is 3.22. The van der Waals surface area contributed by atoms with E-state index in [-0.39, 0.29) is 18.2 Å². The topological polar surface area (TPSA) is 62.6 Å². The number of likely N-dealkylation sites (tertiary alicyclic amines) is 1. The minimum atomic E-state index is -0.506. The van der Waals surface area contributed by atoms with E-state index < -0.39 is 5.60 Å². The van der Waals surface area contributed by atoms with Gasteiger partial charge in [-0.25, -0.2) is 4.79 Å². The van der Waals surface area contributed by atoms with Gasteiger partial charge < -0.3 is 14.4 Å². The van der Waals surface area contributed by atoms with Crippen LogP contribution in [0.3, 0.4) is 0 Å². The summed E-state index contributed by atoms with van der Waals surface area (Å²) < 4.78 is 11.4. The quantitative estimate of drug-likeness (QED) is 0.833. The van der Waals surface area contributed by atoms with Gasteiger partial charge in [-0.15, -0.1) is 11.3 Å². The van der Waals surface area contributed by atoms with Crippen LogP contribution in [0.1, 0.15) is 43.9 Å². The van der Waals surface area contributed by atoms with Crippen LogP contribution in [-0.4, -0.2) is 35.3 Å². The lowest BCUT2D eigenvalue weighted by Gasteiger charge is -2.26. The lowest BCUT2D eigenvalue weighted by atomic mass is 10.2. The van der Waals surface area contributed by atoms with Crippen molar-refractivity contribution in [1.82, 2.24) is 4.90 Å². The smallest absolute Gasteiger partial charge is 0.410 e. The normalized spacial score (nSPS) is 21.5. The summed E-state index contributed by atoms with van der Waals surface area (Å²) in [6, 6.07) is 4.09. The fourth-order valence-electron chi connectivity index (χ4n) is 2.48. The van der Waals surface area contributed by atoms with Crippen molar-refractivity contribution in [2.24, 2.45) is 0 Å². The molecule has 2 atom stereocenters. The van der Waals surface area contributed by atoms with Gasteiger partial charge in [-0.05, 0) is 40.7 Å². The summed E-state index contributed by atoms with van der Waals surface area (Å²) in [6.07, 6.45) is 0.315. The zero-order valence-electron chi connectivity index (χ0n) is 13.7. The Morgan fingerprint density at radius 1 is 1.50 bits per heavy atom. The van der Waals surface area contributed by atoms with Gasteiger partial charge in [-0.1, -0.05) is 0 Å². The van der Waals surface area contributed by atoms with Crippen molar-refractivity contribution in [3.8, 4) is 11.8 Å². The number of carbonyl (C=O) groups is 1. The van der Waals surface area contributed by atoms with E-state index in [1.807, 2.05) is 40.7 Å². The highest BCUT2D eigenvalue weighted by Gasteiger charge is 2.36.